The molecule has 0 unspecified atom stereocenters. The van der Waals surface area contributed by atoms with Gasteiger partial charge in [0.2, 0.25) is 0 Å². The summed E-state index contributed by atoms with van der Waals surface area (Å²) >= 11 is 0. The van der Waals surface area contributed by atoms with E-state index in [2.05, 4.69) is 50.4 Å². The largest absolute Gasteiger partial charge is 0.493 e. The number of hydrogen-bond acceptors (Lipinski definition) is 2. The molecule has 0 saturated heterocycles. The highest BCUT2D eigenvalue weighted by atomic mass is 16.5. The number of para-hydroxylation sites is 1. The normalized spacial score (nSPS) is 11.3. The Morgan fingerprint density at radius 1 is 0.724 bits per heavy atom. The summed E-state index contributed by atoms with van der Waals surface area (Å²) in [6.45, 7) is 9.48. The van der Waals surface area contributed by atoms with Gasteiger partial charge in [0.15, 0.2) is 0 Å². The third-order valence-corrected chi connectivity index (χ3v) is 5.57. The van der Waals surface area contributed by atoms with Gasteiger partial charge < -0.3 is 10.1 Å². The lowest BCUT2D eigenvalue weighted by atomic mass is 10.0. The van der Waals surface area contributed by atoms with Gasteiger partial charge in [0.1, 0.15) is 5.75 Å². The number of unbranched alkanes of at least 4 members (excludes halogenated alkanes) is 13. The van der Waals surface area contributed by atoms with Crippen LogP contribution in [0.2, 0.25) is 0 Å². The van der Waals surface area contributed by atoms with Crippen LogP contribution >= 0.6 is 0 Å². The lowest BCUT2D eigenvalue weighted by Gasteiger charge is -2.13. The fourth-order valence-electron chi connectivity index (χ4n) is 3.71. The van der Waals surface area contributed by atoms with E-state index in [-0.39, 0.29) is 0 Å². The van der Waals surface area contributed by atoms with Crippen molar-refractivity contribution >= 4 is 0 Å². The smallest absolute Gasteiger partial charge is 0.123 e. The Morgan fingerprint density at radius 2 is 1.24 bits per heavy atom. The van der Waals surface area contributed by atoms with Gasteiger partial charge in [0.05, 0.1) is 6.61 Å². The summed E-state index contributed by atoms with van der Waals surface area (Å²) in [5, 5.41) is 3.59. The van der Waals surface area contributed by atoms with Gasteiger partial charge >= 0.3 is 0 Å². The SMILES string of the molecule is CCCCCCCCCCCCCCCCNCc1ccccc1OCC(C)C. The van der Waals surface area contributed by atoms with Crippen molar-refractivity contribution in [2.24, 2.45) is 5.92 Å². The van der Waals surface area contributed by atoms with Gasteiger partial charge in [-0.15, -0.1) is 0 Å². The molecule has 0 fully saturated rings. The summed E-state index contributed by atoms with van der Waals surface area (Å²) < 4.78 is 5.94. The average Bonchev–Trinajstić information content (AvgIpc) is 2.72. The molecule has 0 atom stereocenters. The summed E-state index contributed by atoms with van der Waals surface area (Å²) in [5.74, 6) is 1.60. The fraction of sp³-hybridized carbons (Fsp3) is 0.778. The first kappa shape index (κ1) is 26.0. The molecule has 168 valence electrons. The Morgan fingerprint density at radius 3 is 1.79 bits per heavy atom. The molecule has 1 N–H and O–H groups in total. The monoisotopic (exact) mass is 403 g/mol. The highest BCUT2D eigenvalue weighted by molar-refractivity contribution is 5.33. The summed E-state index contributed by atoms with van der Waals surface area (Å²) in [4.78, 5) is 0. The molecule has 0 saturated carbocycles. The van der Waals surface area contributed by atoms with Crippen LogP contribution in [0, 0.1) is 5.92 Å². The summed E-state index contributed by atoms with van der Waals surface area (Å²) in [7, 11) is 0. The van der Waals surface area contributed by atoms with E-state index in [0.717, 1.165) is 25.4 Å². The van der Waals surface area contributed by atoms with E-state index >= 15 is 0 Å². The third kappa shape index (κ3) is 15.5. The fourth-order valence-corrected chi connectivity index (χ4v) is 3.71. The van der Waals surface area contributed by atoms with Crippen molar-refractivity contribution in [3.8, 4) is 5.75 Å². The number of hydrogen-bond donors (Lipinski definition) is 1. The summed E-state index contributed by atoms with van der Waals surface area (Å²) in [6.07, 6.45) is 19.9. The second-order valence-corrected chi connectivity index (χ2v) is 9.09. The zero-order chi connectivity index (χ0) is 21.0. The first-order valence-corrected chi connectivity index (χ1v) is 12.7. The second-order valence-electron chi connectivity index (χ2n) is 9.09. The van der Waals surface area contributed by atoms with Gasteiger partial charge in [0.25, 0.3) is 0 Å². The lowest BCUT2D eigenvalue weighted by molar-refractivity contribution is 0.268. The predicted octanol–water partition coefficient (Wildman–Crippen LogP) is 8.29. The van der Waals surface area contributed by atoms with Crippen molar-refractivity contribution in [2.45, 2.75) is 117 Å². The Balaban J connectivity index is 1.89. The van der Waals surface area contributed by atoms with Crippen LogP contribution in [0.3, 0.4) is 0 Å². The van der Waals surface area contributed by atoms with Gasteiger partial charge in [0, 0.05) is 12.1 Å². The molecule has 0 heterocycles. The van der Waals surface area contributed by atoms with Crippen molar-refractivity contribution in [3.05, 3.63) is 29.8 Å². The van der Waals surface area contributed by atoms with E-state index in [1.165, 1.54) is 95.5 Å². The molecule has 0 amide bonds. The van der Waals surface area contributed by atoms with E-state index in [9.17, 15) is 0 Å². The van der Waals surface area contributed by atoms with E-state index in [0.29, 0.717) is 5.92 Å². The van der Waals surface area contributed by atoms with Crippen molar-refractivity contribution < 1.29 is 4.74 Å². The maximum Gasteiger partial charge on any atom is 0.123 e. The van der Waals surface area contributed by atoms with Crippen molar-refractivity contribution in [2.75, 3.05) is 13.2 Å². The maximum atomic E-state index is 5.94. The van der Waals surface area contributed by atoms with Crippen LogP contribution in [0.25, 0.3) is 0 Å². The van der Waals surface area contributed by atoms with Crippen molar-refractivity contribution in [1.82, 2.24) is 5.32 Å². The average molecular weight is 404 g/mol. The number of ether oxygens (including phenoxy) is 1. The van der Waals surface area contributed by atoms with Crippen LogP contribution in [0.15, 0.2) is 24.3 Å². The van der Waals surface area contributed by atoms with E-state index in [4.69, 9.17) is 4.74 Å². The highest BCUT2D eigenvalue weighted by Crippen LogP contribution is 2.18. The molecule has 1 aromatic rings. The van der Waals surface area contributed by atoms with E-state index < -0.39 is 0 Å². The number of rotatable bonds is 20. The zero-order valence-electron chi connectivity index (χ0n) is 19.8. The topological polar surface area (TPSA) is 21.3 Å². The van der Waals surface area contributed by atoms with Gasteiger partial charge in [-0.05, 0) is 24.9 Å². The molecular weight excluding hydrogens is 354 g/mol. The Labute approximate surface area is 182 Å². The molecule has 29 heavy (non-hydrogen) atoms. The Hall–Kier alpha value is -1.02. The van der Waals surface area contributed by atoms with Crippen LogP contribution in [-0.4, -0.2) is 13.2 Å². The van der Waals surface area contributed by atoms with Gasteiger partial charge in [-0.1, -0.05) is 122 Å². The second kappa shape index (κ2) is 19.0. The quantitative estimate of drug-likeness (QED) is 0.221. The van der Waals surface area contributed by atoms with Crippen molar-refractivity contribution in [1.29, 1.82) is 0 Å². The molecule has 0 aliphatic carbocycles. The first-order chi connectivity index (χ1) is 14.2. The number of benzene rings is 1. The minimum atomic E-state index is 0.562. The molecular formula is C27H49NO. The molecule has 1 rings (SSSR count). The lowest BCUT2D eigenvalue weighted by Crippen LogP contribution is -2.16. The molecule has 0 spiro atoms. The van der Waals surface area contributed by atoms with Gasteiger partial charge in [-0.2, -0.15) is 0 Å². The van der Waals surface area contributed by atoms with Gasteiger partial charge in [-0.25, -0.2) is 0 Å². The first-order valence-electron chi connectivity index (χ1n) is 12.7. The van der Waals surface area contributed by atoms with Crippen LogP contribution in [0.5, 0.6) is 5.75 Å². The molecule has 2 heteroatoms. The summed E-state index contributed by atoms with van der Waals surface area (Å²) in [6, 6.07) is 8.43. The van der Waals surface area contributed by atoms with E-state index in [1.807, 2.05) is 0 Å². The minimum Gasteiger partial charge on any atom is -0.493 e. The third-order valence-electron chi connectivity index (χ3n) is 5.57. The number of nitrogens with one attached hydrogen (secondary N) is 1. The van der Waals surface area contributed by atoms with Crippen molar-refractivity contribution in [3.63, 3.8) is 0 Å². The minimum absolute atomic E-state index is 0.562. The molecule has 0 aliphatic heterocycles. The molecule has 0 radical (unpaired) electrons. The Kier molecular flexibility index (Phi) is 17.0. The molecule has 0 aromatic heterocycles. The predicted molar refractivity (Wildman–Crippen MR) is 129 cm³/mol. The molecule has 2 nitrogen and oxygen atoms in total. The van der Waals surface area contributed by atoms with Crippen LogP contribution in [-0.2, 0) is 6.54 Å². The van der Waals surface area contributed by atoms with Crippen LogP contribution < -0.4 is 10.1 Å². The zero-order valence-corrected chi connectivity index (χ0v) is 19.8. The highest BCUT2D eigenvalue weighted by Gasteiger charge is 2.03. The standard InChI is InChI=1S/C27H49NO/c1-4-5-6-7-8-9-10-11-12-13-14-15-16-19-22-28-23-26-20-17-18-21-27(26)29-24-25(2)3/h17-18,20-21,25,28H,4-16,19,22-24H2,1-3H3. The maximum absolute atomic E-state index is 5.94. The molecule has 0 bridgehead atoms. The molecule has 1 aromatic carbocycles. The van der Waals surface area contributed by atoms with Gasteiger partial charge in [-0.3, -0.25) is 0 Å². The Bertz CT molecular complexity index is 471. The molecule has 0 aliphatic rings. The van der Waals surface area contributed by atoms with Crippen LogP contribution in [0.1, 0.15) is 116 Å². The van der Waals surface area contributed by atoms with E-state index in [1.54, 1.807) is 0 Å². The van der Waals surface area contributed by atoms with Crippen LogP contribution in [0.4, 0.5) is 0 Å². The summed E-state index contributed by atoms with van der Waals surface area (Å²) in [5.41, 5.74) is 1.28.